The zero-order chi connectivity index (χ0) is 11.0. The Bertz CT molecular complexity index is 441. The molecule has 15 heavy (non-hydrogen) atoms. The topological polar surface area (TPSA) is 58.5 Å². The molecule has 0 fully saturated rings. The molecule has 0 spiro atoms. The molecular weight excluding hydrogens is 192 g/mol. The van der Waals surface area contributed by atoms with Crippen LogP contribution in [0.25, 0.3) is 0 Å². The fourth-order valence-electron chi connectivity index (χ4n) is 1.38. The Balaban J connectivity index is 2.37. The van der Waals surface area contributed by atoms with Crippen LogP contribution in [0.3, 0.4) is 0 Å². The van der Waals surface area contributed by atoms with E-state index in [2.05, 4.69) is 15.1 Å². The van der Waals surface area contributed by atoms with Crippen LogP contribution >= 0.6 is 0 Å². The zero-order valence-electron chi connectivity index (χ0n) is 8.93. The highest BCUT2D eigenvalue weighted by Crippen LogP contribution is 2.21. The van der Waals surface area contributed by atoms with Gasteiger partial charge in [0.05, 0.1) is 5.92 Å². The molecule has 0 bridgehead atoms. The maximum Gasteiger partial charge on any atom is 0.257 e. The van der Waals surface area contributed by atoms with E-state index in [9.17, 15) is 4.79 Å². The van der Waals surface area contributed by atoms with Gasteiger partial charge in [-0.05, 0) is 20.8 Å². The van der Waals surface area contributed by atoms with E-state index in [4.69, 9.17) is 0 Å². The van der Waals surface area contributed by atoms with Crippen LogP contribution in [-0.4, -0.2) is 21.6 Å². The normalized spacial score (nSPS) is 20.7. The number of rotatable bonds is 1. The largest absolute Gasteiger partial charge is 0.272 e. The van der Waals surface area contributed by atoms with Gasteiger partial charge in [-0.15, -0.1) is 0 Å². The van der Waals surface area contributed by atoms with Gasteiger partial charge in [-0.25, -0.2) is 9.97 Å². The Morgan fingerprint density at radius 3 is 2.60 bits per heavy atom. The smallest absolute Gasteiger partial charge is 0.257 e. The predicted octanol–water partition coefficient (Wildman–Crippen LogP) is 1.14. The summed E-state index contributed by atoms with van der Waals surface area (Å²) >= 11 is 0. The number of anilines is 1. The van der Waals surface area contributed by atoms with Gasteiger partial charge < -0.3 is 0 Å². The van der Waals surface area contributed by atoms with Crippen molar-refractivity contribution in [3.8, 4) is 0 Å². The van der Waals surface area contributed by atoms with Crippen LogP contribution in [-0.2, 0) is 4.79 Å². The first-order valence-electron chi connectivity index (χ1n) is 4.77. The molecule has 0 saturated heterocycles. The minimum Gasteiger partial charge on any atom is -0.272 e. The number of hydrogen-bond acceptors (Lipinski definition) is 4. The fraction of sp³-hybridized carbons (Fsp3) is 0.400. The third-order valence-corrected chi connectivity index (χ3v) is 2.47. The summed E-state index contributed by atoms with van der Waals surface area (Å²) in [6.07, 6.45) is 1.44. The predicted molar refractivity (Wildman–Crippen MR) is 56.5 cm³/mol. The van der Waals surface area contributed by atoms with Crippen molar-refractivity contribution >= 4 is 17.4 Å². The van der Waals surface area contributed by atoms with Crippen LogP contribution in [0.5, 0.6) is 0 Å². The van der Waals surface area contributed by atoms with E-state index < -0.39 is 0 Å². The summed E-state index contributed by atoms with van der Waals surface area (Å²) in [6, 6.07) is 1.74. The third-order valence-electron chi connectivity index (χ3n) is 2.47. The first-order chi connectivity index (χ1) is 7.09. The molecule has 1 aromatic heterocycles. The molecule has 0 radical (unpaired) electrons. The monoisotopic (exact) mass is 204 g/mol. The average Bonchev–Trinajstić information content (AvgIpc) is 2.46. The average molecular weight is 204 g/mol. The Labute approximate surface area is 87.8 Å². The van der Waals surface area contributed by atoms with Gasteiger partial charge in [0.15, 0.2) is 5.82 Å². The Morgan fingerprint density at radius 1 is 1.33 bits per heavy atom. The SMILES string of the molecule is CC1=NN(c2cc(C)ncn2)C(=O)C1C. The van der Waals surface area contributed by atoms with E-state index in [1.54, 1.807) is 6.07 Å². The highest BCUT2D eigenvalue weighted by atomic mass is 16.2. The molecule has 1 atom stereocenters. The highest BCUT2D eigenvalue weighted by Gasteiger charge is 2.31. The third kappa shape index (κ3) is 1.60. The van der Waals surface area contributed by atoms with Gasteiger partial charge >= 0.3 is 0 Å². The van der Waals surface area contributed by atoms with Crippen molar-refractivity contribution in [2.45, 2.75) is 20.8 Å². The molecule has 1 aliphatic rings. The van der Waals surface area contributed by atoms with Crippen molar-refractivity contribution in [2.24, 2.45) is 11.0 Å². The maximum atomic E-state index is 11.8. The summed E-state index contributed by atoms with van der Waals surface area (Å²) in [7, 11) is 0. The van der Waals surface area contributed by atoms with Crippen molar-refractivity contribution in [2.75, 3.05) is 5.01 Å². The van der Waals surface area contributed by atoms with Crippen molar-refractivity contribution in [3.63, 3.8) is 0 Å². The molecule has 5 nitrogen and oxygen atoms in total. The molecule has 5 heteroatoms. The number of amides is 1. The van der Waals surface area contributed by atoms with Crippen LogP contribution in [0.1, 0.15) is 19.5 Å². The van der Waals surface area contributed by atoms with E-state index in [1.165, 1.54) is 11.3 Å². The second kappa shape index (κ2) is 3.42. The van der Waals surface area contributed by atoms with Gasteiger partial charge in [-0.2, -0.15) is 10.1 Å². The number of aryl methyl sites for hydroxylation is 1. The van der Waals surface area contributed by atoms with E-state index in [0.717, 1.165) is 11.4 Å². The molecule has 0 aromatic carbocycles. The molecule has 0 saturated carbocycles. The number of hydrogen-bond donors (Lipinski definition) is 0. The first kappa shape index (κ1) is 9.76. The number of carbonyl (C=O) groups excluding carboxylic acids is 1. The van der Waals surface area contributed by atoms with Crippen LogP contribution in [0.4, 0.5) is 5.82 Å². The lowest BCUT2D eigenvalue weighted by Crippen LogP contribution is -2.26. The summed E-state index contributed by atoms with van der Waals surface area (Å²) in [6.45, 7) is 5.54. The lowest BCUT2D eigenvalue weighted by atomic mass is 10.1. The second-order valence-electron chi connectivity index (χ2n) is 3.63. The molecule has 1 amide bonds. The van der Waals surface area contributed by atoms with Crippen molar-refractivity contribution in [1.29, 1.82) is 0 Å². The van der Waals surface area contributed by atoms with Crippen molar-refractivity contribution in [1.82, 2.24) is 9.97 Å². The lowest BCUT2D eigenvalue weighted by Gasteiger charge is -2.11. The molecule has 78 valence electrons. The minimum atomic E-state index is -0.153. The number of aromatic nitrogens is 2. The Kier molecular flexibility index (Phi) is 2.22. The van der Waals surface area contributed by atoms with Gasteiger partial charge in [-0.3, -0.25) is 4.79 Å². The molecular formula is C10H12N4O. The standard InChI is InChI=1S/C10H12N4O/c1-6-4-9(12-5-11-6)14-10(15)7(2)8(3)13-14/h4-5,7H,1-3H3. The summed E-state index contributed by atoms with van der Waals surface area (Å²) < 4.78 is 0. The van der Waals surface area contributed by atoms with Crippen LogP contribution in [0.2, 0.25) is 0 Å². The molecule has 1 unspecified atom stereocenters. The summed E-state index contributed by atoms with van der Waals surface area (Å²) in [5.74, 6) is 0.349. The van der Waals surface area contributed by atoms with Crippen LogP contribution < -0.4 is 5.01 Å². The minimum absolute atomic E-state index is 0.0365. The maximum absolute atomic E-state index is 11.8. The van der Waals surface area contributed by atoms with Gasteiger partial charge in [0.2, 0.25) is 0 Å². The molecule has 0 aliphatic carbocycles. The molecule has 0 N–H and O–H groups in total. The van der Waals surface area contributed by atoms with E-state index in [1.807, 2.05) is 20.8 Å². The summed E-state index contributed by atoms with van der Waals surface area (Å²) in [5.41, 5.74) is 1.64. The number of carbonyl (C=O) groups is 1. The Hall–Kier alpha value is -1.78. The van der Waals surface area contributed by atoms with Gasteiger partial charge in [-0.1, -0.05) is 0 Å². The lowest BCUT2D eigenvalue weighted by molar-refractivity contribution is -0.119. The summed E-state index contributed by atoms with van der Waals surface area (Å²) in [5, 5.41) is 5.51. The van der Waals surface area contributed by atoms with Crippen LogP contribution in [0, 0.1) is 12.8 Å². The number of nitrogens with zero attached hydrogens (tertiary/aromatic N) is 4. The molecule has 2 heterocycles. The highest BCUT2D eigenvalue weighted by molar-refractivity contribution is 6.14. The van der Waals surface area contributed by atoms with Crippen LogP contribution in [0.15, 0.2) is 17.5 Å². The van der Waals surface area contributed by atoms with Gasteiger partial charge in [0.1, 0.15) is 6.33 Å². The molecule has 1 aliphatic heterocycles. The van der Waals surface area contributed by atoms with E-state index >= 15 is 0 Å². The summed E-state index contributed by atoms with van der Waals surface area (Å²) in [4.78, 5) is 19.8. The van der Waals surface area contributed by atoms with Gasteiger partial charge in [0.25, 0.3) is 5.91 Å². The molecule has 1 aromatic rings. The second-order valence-corrected chi connectivity index (χ2v) is 3.63. The molecule has 2 rings (SSSR count). The van der Waals surface area contributed by atoms with Crippen molar-refractivity contribution in [3.05, 3.63) is 18.1 Å². The van der Waals surface area contributed by atoms with Crippen molar-refractivity contribution < 1.29 is 4.79 Å². The quantitative estimate of drug-likeness (QED) is 0.689. The first-order valence-corrected chi connectivity index (χ1v) is 4.77. The van der Waals surface area contributed by atoms with E-state index in [-0.39, 0.29) is 11.8 Å². The Morgan fingerprint density at radius 2 is 2.07 bits per heavy atom. The fourth-order valence-corrected chi connectivity index (χ4v) is 1.38. The number of hydrazone groups is 1. The van der Waals surface area contributed by atoms with E-state index in [0.29, 0.717) is 5.82 Å². The van der Waals surface area contributed by atoms with Gasteiger partial charge in [0, 0.05) is 17.5 Å². The zero-order valence-corrected chi connectivity index (χ0v) is 8.93.